The average molecular weight is 233 g/mol. The molecule has 0 unspecified atom stereocenters. The zero-order valence-corrected chi connectivity index (χ0v) is 9.63. The van der Waals surface area contributed by atoms with Gasteiger partial charge < -0.3 is 20.1 Å². The van der Waals surface area contributed by atoms with Crippen molar-refractivity contribution in [1.29, 1.82) is 0 Å². The molecule has 0 aliphatic carbocycles. The van der Waals surface area contributed by atoms with E-state index in [0.29, 0.717) is 18.3 Å². The Labute approximate surface area is 99.5 Å². The van der Waals surface area contributed by atoms with Gasteiger partial charge in [-0.15, -0.1) is 0 Å². The van der Waals surface area contributed by atoms with E-state index in [1.165, 1.54) is 0 Å². The van der Waals surface area contributed by atoms with Crippen LogP contribution in [0.1, 0.15) is 12.6 Å². The lowest BCUT2D eigenvalue weighted by molar-refractivity contribution is 0.300. The average Bonchev–Trinajstić information content (AvgIpc) is 2.67. The Morgan fingerprint density at radius 2 is 2.29 bits per heavy atom. The van der Waals surface area contributed by atoms with Crippen molar-refractivity contribution in [2.24, 2.45) is 0 Å². The maximum atomic E-state index is 9.28. The molecule has 0 aliphatic heterocycles. The van der Waals surface area contributed by atoms with Crippen molar-refractivity contribution in [3.8, 4) is 11.5 Å². The molecule has 0 radical (unpaired) electrons. The molecule has 0 amide bonds. The topological polar surface area (TPSA) is 73.3 Å². The molecule has 5 heteroatoms. The van der Waals surface area contributed by atoms with Crippen LogP contribution in [0.15, 0.2) is 30.5 Å². The van der Waals surface area contributed by atoms with Gasteiger partial charge in [0.05, 0.1) is 5.69 Å². The molecule has 0 bridgehead atoms. The Bertz CT molecular complexity index is 508. The second-order valence-corrected chi connectivity index (χ2v) is 3.66. The van der Waals surface area contributed by atoms with Crippen molar-refractivity contribution in [2.75, 3.05) is 5.73 Å². The first-order valence-corrected chi connectivity index (χ1v) is 5.42. The summed E-state index contributed by atoms with van der Waals surface area (Å²) >= 11 is 0. The number of hydrogen-bond acceptors (Lipinski definition) is 4. The number of phenols is 1. The van der Waals surface area contributed by atoms with Crippen molar-refractivity contribution in [2.45, 2.75) is 20.1 Å². The molecule has 2 rings (SSSR count). The number of aromatic nitrogens is 2. The third kappa shape index (κ3) is 2.69. The van der Waals surface area contributed by atoms with E-state index in [1.54, 1.807) is 24.3 Å². The quantitative estimate of drug-likeness (QED) is 0.844. The normalized spacial score (nSPS) is 10.4. The first kappa shape index (κ1) is 11.3. The Kier molecular flexibility index (Phi) is 3.18. The van der Waals surface area contributed by atoms with Crippen LogP contribution in [0.2, 0.25) is 0 Å². The molecular weight excluding hydrogens is 218 g/mol. The van der Waals surface area contributed by atoms with Crippen molar-refractivity contribution in [3.05, 3.63) is 36.2 Å². The largest absolute Gasteiger partial charge is 0.508 e. The van der Waals surface area contributed by atoms with Crippen LogP contribution in [0.5, 0.6) is 11.5 Å². The summed E-state index contributed by atoms with van der Waals surface area (Å²) < 4.78 is 7.34. The molecule has 0 aliphatic rings. The fourth-order valence-corrected chi connectivity index (χ4v) is 1.54. The number of nitrogen functional groups attached to an aromatic ring is 1. The van der Waals surface area contributed by atoms with E-state index >= 15 is 0 Å². The van der Waals surface area contributed by atoms with Gasteiger partial charge in [-0.05, 0) is 19.1 Å². The summed E-state index contributed by atoms with van der Waals surface area (Å²) in [7, 11) is 0. The van der Waals surface area contributed by atoms with Crippen LogP contribution in [0.3, 0.4) is 0 Å². The van der Waals surface area contributed by atoms with Crippen molar-refractivity contribution < 1.29 is 9.84 Å². The minimum atomic E-state index is 0.182. The highest BCUT2D eigenvalue weighted by molar-refractivity contribution is 5.32. The first-order chi connectivity index (χ1) is 8.19. The van der Waals surface area contributed by atoms with E-state index in [1.807, 2.05) is 17.7 Å². The summed E-state index contributed by atoms with van der Waals surface area (Å²) in [6, 6.07) is 6.65. The second kappa shape index (κ2) is 4.78. The first-order valence-electron chi connectivity index (χ1n) is 5.42. The Balaban J connectivity index is 2.02. The van der Waals surface area contributed by atoms with Gasteiger partial charge in [-0.1, -0.05) is 6.07 Å². The van der Waals surface area contributed by atoms with Crippen LogP contribution >= 0.6 is 0 Å². The van der Waals surface area contributed by atoms with Crippen molar-refractivity contribution in [1.82, 2.24) is 9.55 Å². The summed E-state index contributed by atoms with van der Waals surface area (Å²) in [6.45, 7) is 3.11. The van der Waals surface area contributed by atoms with E-state index in [4.69, 9.17) is 10.5 Å². The third-order valence-corrected chi connectivity index (χ3v) is 2.40. The molecule has 1 aromatic carbocycles. The Hall–Kier alpha value is -2.17. The molecule has 3 N–H and O–H groups in total. The van der Waals surface area contributed by atoms with Gasteiger partial charge in [-0.3, -0.25) is 0 Å². The van der Waals surface area contributed by atoms with Gasteiger partial charge in [0.2, 0.25) is 0 Å². The Morgan fingerprint density at radius 1 is 1.47 bits per heavy atom. The van der Waals surface area contributed by atoms with E-state index in [0.717, 1.165) is 12.2 Å². The number of phenolic OH excluding ortho intramolecular Hbond substituents is 1. The summed E-state index contributed by atoms with van der Waals surface area (Å²) in [4.78, 5) is 4.17. The number of nitrogens with two attached hydrogens (primary N) is 1. The second-order valence-electron chi connectivity index (χ2n) is 3.66. The predicted octanol–water partition coefficient (Wildman–Crippen LogP) is 1.77. The number of nitrogens with zero attached hydrogens (tertiary/aromatic N) is 2. The van der Waals surface area contributed by atoms with Crippen LogP contribution in [-0.2, 0) is 13.2 Å². The van der Waals surface area contributed by atoms with Gasteiger partial charge in [-0.2, -0.15) is 0 Å². The van der Waals surface area contributed by atoms with Gasteiger partial charge in [0, 0.05) is 18.8 Å². The predicted molar refractivity (Wildman–Crippen MR) is 64.8 cm³/mol. The number of aromatic hydroxyl groups is 1. The number of aryl methyl sites for hydroxylation is 1. The highest BCUT2D eigenvalue weighted by atomic mass is 16.5. The minimum absolute atomic E-state index is 0.182. The van der Waals surface area contributed by atoms with Crippen molar-refractivity contribution >= 4 is 5.95 Å². The summed E-state index contributed by atoms with van der Waals surface area (Å²) in [5.74, 6) is 1.28. The van der Waals surface area contributed by atoms with E-state index in [9.17, 15) is 5.11 Å². The zero-order valence-electron chi connectivity index (χ0n) is 9.63. The van der Waals surface area contributed by atoms with Gasteiger partial charge in [0.15, 0.2) is 5.95 Å². The van der Waals surface area contributed by atoms with E-state index in [-0.39, 0.29) is 5.75 Å². The summed E-state index contributed by atoms with van der Waals surface area (Å²) in [5.41, 5.74) is 6.47. The molecular formula is C12H15N3O2. The molecule has 1 heterocycles. The molecule has 90 valence electrons. The number of rotatable bonds is 4. The molecule has 17 heavy (non-hydrogen) atoms. The van der Waals surface area contributed by atoms with Gasteiger partial charge in [0.1, 0.15) is 18.1 Å². The molecule has 5 nitrogen and oxygen atoms in total. The van der Waals surface area contributed by atoms with Crippen LogP contribution in [0, 0.1) is 0 Å². The fraction of sp³-hybridized carbons (Fsp3) is 0.250. The summed E-state index contributed by atoms with van der Waals surface area (Å²) in [5, 5.41) is 9.28. The SMILES string of the molecule is CCn1cc(COc2cccc(O)c2)nc1N. The molecule has 2 aromatic rings. The van der Waals surface area contributed by atoms with Crippen LogP contribution in [-0.4, -0.2) is 14.7 Å². The lowest BCUT2D eigenvalue weighted by Gasteiger charge is -2.03. The molecule has 0 saturated carbocycles. The molecule has 0 fully saturated rings. The van der Waals surface area contributed by atoms with Gasteiger partial charge >= 0.3 is 0 Å². The number of hydrogen-bond donors (Lipinski definition) is 2. The molecule has 0 spiro atoms. The fourth-order valence-electron chi connectivity index (χ4n) is 1.54. The van der Waals surface area contributed by atoms with Crippen LogP contribution in [0.4, 0.5) is 5.95 Å². The monoisotopic (exact) mass is 233 g/mol. The van der Waals surface area contributed by atoms with Crippen LogP contribution in [0.25, 0.3) is 0 Å². The minimum Gasteiger partial charge on any atom is -0.508 e. The van der Waals surface area contributed by atoms with E-state index in [2.05, 4.69) is 4.98 Å². The van der Waals surface area contributed by atoms with Crippen LogP contribution < -0.4 is 10.5 Å². The number of benzene rings is 1. The maximum absolute atomic E-state index is 9.28. The summed E-state index contributed by atoms with van der Waals surface area (Å²) in [6.07, 6.45) is 1.86. The number of anilines is 1. The smallest absolute Gasteiger partial charge is 0.200 e. The zero-order chi connectivity index (χ0) is 12.3. The molecule has 0 saturated heterocycles. The maximum Gasteiger partial charge on any atom is 0.200 e. The number of imidazole rings is 1. The highest BCUT2D eigenvalue weighted by Crippen LogP contribution is 2.18. The van der Waals surface area contributed by atoms with Gasteiger partial charge in [-0.25, -0.2) is 4.98 Å². The lowest BCUT2D eigenvalue weighted by Crippen LogP contribution is -1.98. The highest BCUT2D eigenvalue weighted by Gasteiger charge is 2.04. The molecule has 0 atom stereocenters. The Morgan fingerprint density at radius 3 is 2.94 bits per heavy atom. The van der Waals surface area contributed by atoms with Crippen molar-refractivity contribution in [3.63, 3.8) is 0 Å². The standard InChI is InChI=1S/C12H15N3O2/c1-2-15-7-9(14-12(15)13)8-17-11-5-3-4-10(16)6-11/h3-7,16H,2,8H2,1H3,(H2,13,14). The molecule has 1 aromatic heterocycles. The third-order valence-electron chi connectivity index (χ3n) is 2.40. The number of ether oxygens (including phenoxy) is 1. The van der Waals surface area contributed by atoms with E-state index < -0.39 is 0 Å². The lowest BCUT2D eigenvalue weighted by atomic mass is 10.3. The van der Waals surface area contributed by atoms with Gasteiger partial charge in [0.25, 0.3) is 0 Å².